The van der Waals surface area contributed by atoms with Crippen molar-refractivity contribution in [2.75, 3.05) is 5.75 Å². The summed E-state index contributed by atoms with van der Waals surface area (Å²) in [7, 11) is 0. The van der Waals surface area contributed by atoms with Gasteiger partial charge in [0.25, 0.3) is 5.91 Å². The van der Waals surface area contributed by atoms with Crippen molar-refractivity contribution in [3.05, 3.63) is 53.5 Å². The lowest BCUT2D eigenvalue weighted by Gasteiger charge is -2.50. The quantitative estimate of drug-likeness (QED) is 0.325. The largest absolute Gasteiger partial charge is 0.477 e. The third-order valence-electron chi connectivity index (χ3n) is 5.34. The zero-order valence-corrected chi connectivity index (χ0v) is 18.7. The van der Waals surface area contributed by atoms with Crippen molar-refractivity contribution in [1.82, 2.24) is 25.4 Å². The summed E-state index contributed by atoms with van der Waals surface area (Å²) in [4.78, 5) is 43.0. The number of aromatic amines is 1. The van der Waals surface area contributed by atoms with E-state index in [1.54, 1.807) is 24.3 Å². The first-order chi connectivity index (χ1) is 15.4. The Kier molecular flexibility index (Phi) is 6.53. The minimum absolute atomic E-state index is 0.0218. The predicted molar refractivity (Wildman–Crippen MR) is 119 cm³/mol. The number of benzene rings is 1. The Morgan fingerprint density at radius 1 is 1.41 bits per heavy atom. The number of amides is 2. The zero-order chi connectivity index (χ0) is 22.8. The van der Waals surface area contributed by atoms with Gasteiger partial charge >= 0.3 is 5.97 Å². The number of carboxylic acid groups (broad SMARTS) is 1. The van der Waals surface area contributed by atoms with Crippen LogP contribution in [0.15, 0.2) is 53.1 Å². The summed E-state index contributed by atoms with van der Waals surface area (Å²) in [6.45, 7) is 1.94. The van der Waals surface area contributed by atoms with E-state index in [1.807, 2.05) is 13.0 Å². The zero-order valence-electron chi connectivity index (χ0n) is 17.1. The molecular weight excluding hydrogens is 452 g/mol. The number of carbonyl (C=O) groups excluding carboxylic acids is 2. The van der Waals surface area contributed by atoms with Crippen LogP contribution < -0.4 is 11.1 Å². The topological polar surface area (TPSA) is 154 Å². The molecule has 0 saturated carbocycles. The molecule has 0 spiro atoms. The number of β-lactam (4-membered cyclic amide) rings is 1. The number of nitrogens with two attached hydrogens (primary N) is 1. The SMILES string of the molecule is CCC(Sc1nc[nH]n1)C1=C(C(=O)O)N2C(=O)C(NC(=O)C(N)c3ccccc3)[C@@H]2SC1. The molecule has 2 amide bonds. The minimum atomic E-state index is -1.17. The molecule has 12 heteroatoms. The highest BCUT2D eigenvalue weighted by Crippen LogP contribution is 2.44. The fourth-order valence-electron chi connectivity index (χ4n) is 3.73. The smallest absolute Gasteiger partial charge is 0.352 e. The van der Waals surface area contributed by atoms with E-state index in [2.05, 4.69) is 20.5 Å². The summed E-state index contributed by atoms with van der Waals surface area (Å²) in [6, 6.07) is 7.12. The number of carbonyl (C=O) groups is 3. The van der Waals surface area contributed by atoms with Gasteiger partial charge in [0, 0.05) is 11.0 Å². The number of hydrogen-bond acceptors (Lipinski definition) is 8. The van der Waals surface area contributed by atoms with Crippen molar-refractivity contribution < 1.29 is 19.5 Å². The number of nitrogens with zero attached hydrogens (tertiary/aromatic N) is 3. The van der Waals surface area contributed by atoms with Gasteiger partial charge in [-0.2, -0.15) is 0 Å². The molecule has 1 fully saturated rings. The lowest BCUT2D eigenvalue weighted by Crippen LogP contribution is -2.71. The lowest BCUT2D eigenvalue weighted by atomic mass is 9.99. The molecule has 0 aliphatic carbocycles. The van der Waals surface area contributed by atoms with Crippen molar-refractivity contribution in [3.63, 3.8) is 0 Å². The molecule has 4 atom stereocenters. The molecule has 10 nitrogen and oxygen atoms in total. The van der Waals surface area contributed by atoms with Gasteiger partial charge in [-0.05, 0) is 17.6 Å². The van der Waals surface area contributed by atoms with E-state index in [9.17, 15) is 19.5 Å². The van der Waals surface area contributed by atoms with E-state index in [0.717, 1.165) is 0 Å². The van der Waals surface area contributed by atoms with Crippen molar-refractivity contribution in [1.29, 1.82) is 0 Å². The van der Waals surface area contributed by atoms with Crippen LogP contribution in [-0.4, -0.2) is 65.4 Å². The molecule has 0 radical (unpaired) electrons. The number of fused-ring (bicyclic) bond motifs is 1. The summed E-state index contributed by atoms with van der Waals surface area (Å²) >= 11 is 2.78. The van der Waals surface area contributed by atoms with E-state index in [0.29, 0.717) is 28.5 Å². The summed E-state index contributed by atoms with van der Waals surface area (Å²) in [5.74, 6) is -1.68. The highest BCUT2D eigenvalue weighted by Gasteiger charge is 2.55. The molecule has 2 aromatic rings. The van der Waals surface area contributed by atoms with Gasteiger partial charge in [-0.25, -0.2) is 9.78 Å². The van der Waals surface area contributed by atoms with Crippen molar-refractivity contribution in [2.24, 2.45) is 5.73 Å². The molecule has 1 aromatic carbocycles. The third-order valence-corrected chi connectivity index (χ3v) is 7.95. The number of hydrogen-bond donors (Lipinski definition) is 4. The average molecular weight is 475 g/mol. The van der Waals surface area contributed by atoms with Crippen molar-refractivity contribution >= 4 is 41.3 Å². The van der Waals surface area contributed by atoms with Gasteiger partial charge in [0.05, 0.1) is 0 Å². The van der Waals surface area contributed by atoms with Gasteiger partial charge in [-0.15, -0.1) is 16.9 Å². The number of carboxylic acids is 1. The number of nitrogens with one attached hydrogen (secondary N) is 2. The van der Waals surface area contributed by atoms with Gasteiger partial charge < -0.3 is 16.2 Å². The van der Waals surface area contributed by atoms with E-state index in [1.165, 1.54) is 34.8 Å². The van der Waals surface area contributed by atoms with Gasteiger partial charge in [-0.1, -0.05) is 49.0 Å². The highest BCUT2D eigenvalue weighted by molar-refractivity contribution is 8.01. The second-order valence-electron chi connectivity index (χ2n) is 7.26. The summed E-state index contributed by atoms with van der Waals surface area (Å²) in [6.07, 6.45) is 2.10. The third kappa shape index (κ3) is 4.12. The van der Waals surface area contributed by atoms with Crippen LogP contribution in [0.2, 0.25) is 0 Å². The van der Waals surface area contributed by atoms with E-state index < -0.39 is 35.2 Å². The molecule has 1 aromatic heterocycles. The molecule has 4 rings (SSSR count). The molecule has 3 heterocycles. The number of aromatic nitrogens is 3. The Morgan fingerprint density at radius 3 is 2.78 bits per heavy atom. The number of rotatable bonds is 8. The summed E-state index contributed by atoms with van der Waals surface area (Å²) in [5.41, 5.74) is 7.29. The second kappa shape index (κ2) is 9.35. The monoisotopic (exact) mass is 474 g/mol. The van der Waals surface area contributed by atoms with Crippen LogP contribution in [0.1, 0.15) is 24.9 Å². The normalized spacial score (nSPS) is 22.1. The van der Waals surface area contributed by atoms with Crippen molar-refractivity contribution in [2.45, 2.75) is 41.2 Å². The molecule has 5 N–H and O–H groups in total. The van der Waals surface area contributed by atoms with Crippen molar-refractivity contribution in [3.8, 4) is 0 Å². The first-order valence-corrected chi connectivity index (χ1v) is 11.9. The Morgan fingerprint density at radius 2 is 2.16 bits per heavy atom. The molecular formula is C20H22N6O4S2. The van der Waals surface area contributed by atoms with Gasteiger partial charge in [-0.3, -0.25) is 19.6 Å². The lowest BCUT2D eigenvalue weighted by molar-refractivity contribution is -0.150. The van der Waals surface area contributed by atoms with E-state index in [-0.39, 0.29) is 10.9 Å². The van der Waals surface area contributed by atoms with E-state index in [4.69, 9.17) is 5.73 Å². The molecule has 2 aliphatic heterocycles. The van der Waals surface area contributed by atoms with Gasteiger partial charge in [0.1, 0.15) is 29.5 Å². The standard InChI is InChI=1S/C20H22N6O4S2/c1-2-12(32-20-22-9-23-25-20)11-8-31-18-14(17(28)26(18)15(11)19(29)30)24-16(27)13(21)10-6-4-3-5-7-10/h3-7,9,12-14,18H,2,8,21H2,1H3,(H,24,27)(H,29,30)(H,22,23,25)/t12?,13?,14?,18-/m0/s1. The molecule has 32 heavy (non-hydrogen) atoms. The van der Waals surface area contributed by atoms with Crippen LogP contribution in [0.5, 0.6) is 0 Å². The molecule has 0 bridgehead atoms. The first-order valence-electron chi connectivity index (χ1n) is 9.96. The van der Waals surface area contributed by atoms with E-state index >= 15 is 0 Å². The first kappa shape index (κ1) is 22.4. The maximum Gasteiger partial charge on any atom is 0.352 e. The number of thioether (sulfide) groups is 2. The predicted octanol–water partition coefficient (Wildman–Crippen LogP) is 1.11. The molecule has 2 aliphatic rings. The Labute approximate surface area is 192 Å². The second-order valence-corrected chi connectivity index (χ2v) is 9.53. The fraction of sp³-hybridized carbons (Fsp3) is 0.350. The highest BCUT2D eigenvalue weighted by atomic mass is 32.2. The van der Waals surface area contributed by atoms with Crippen LogP contribution in [0.25, 0.3) is 0 Å². The summed E-state index contributed by atoms with van der Waals surface area (Å²) < 4.78 is 0. The maximum absolute atomic E-state index is 12.9. The Balaban J connectivity index is 1.52. The molecule has 1 saturated heterocycles. The van der Waals surface area contributed by atoms with Gasteiger partial charge in [0.2, 0.25) is 11.1 Å². The fourth-order valence-corrected chi connectivity index (χ4v) is 6.23. The van der Waals surface area contributed by atoms with Crippen LogP contribution in [-0.2, 0) is 14.4 Å². The minimum Gasteiger partial charge on any atom is -0.477 e. The number of H-pyrrole nitrogens is 1. The van der Waals surface area contributed by atoms with Crippen LogP contribution in [0.3, 0.4) is 0 Å². The molecule has 3 unspecified atom stereocenters. The van der Waals surface area contributed by atoms with Crippen LogP contribution >= 0.6 is 23.5 Å². The maximum atomic E-state index is 12.9. The average Bonchev–Trinajstić information content (AvgIpc) is 3.33. The Bertz CT molecular complexity index is 1050. The van der Waals surface area contributed by atoms with Gasteiger partial charge in [0.15, 0.2) is 0 Å². The van der Waals surface area contributed by atoms with Crippen LogP contribution in [0, 0.1) is 0 Å². The molecule has 168 valence electrons. The van der Waals surface area contributed by atoms with Crippen LogP contribution in [0.4, 0.5) is 0 Å². The summed E-state index contributed by atoms with van der Waals surface area (Å²) in [5, 5.41) is 19.1. The number of aliphatic carboxylic acids is 1. The Hall–Kier alpha value is -2.83.